The molecule has 1 aromatic heterocycles. The van der Waals surface area contributed by atoms with Crippen LogP contribution in [0.2, 0.25) is 0 Å². The Morgan fingerprint density at radius 1 is 1.25 bits per heavy atom. The lowest BCUT2D eigenvalue weighted by atomic mass is 9.96. The van der Waals surface area contributed by atoms with E-state index >= 15 is 0 Å². The molecule has 0 spiro atoms. The highest BCUT2D eigenvalue weighted by molar-refractivity contribution is 5.94. The Labute approximate surface area is 120 Å². The van der Waals surface area contributed by atoms with Crippen LogP contribution in [0.3, 0.4) is 0 Å². The predicted octanol–water partition coefficient (Wildman–Crippen LogP) is 4.94. The first-order chi connectivity index (χ1) is 9.45. The number of hydrogen-bond donors (Lipinski definition) is 1. The summed E-state index contributed by atoms with van der Waals surface area (Å²) in [5.74, 6) is 0.118. The lowest BCUT2D eigenvalue weighted by molar-refractivity contribution is 0.635. The highest BCUT2D eigenvalue weighted by atomic mass is 19.1. The van der Waals surface area contributed by atoms with Crippen LogP contribution >= 0.6 is 0 Å². The molecule has 0 atom stereocenters. The highest BCUT2D eigenvalue weighted by Crippen LogP contribution is 2.35. The van der Waals surface area contributed by atoms with Crippen molar-refractivity contribution in [3.63, 3.8) is 0 Å². The maximum absolute atomic E-state index is 14.2. The number of pyridine rings is 1. The Balaban J connectivity index is 2.80. The summed E-state index contributed by atoms with van der Waals surface area (Å²) < 4.78 is 14.2. The topological polar surface area (TPSA) is 24.9 Å². The van der Waals surface area contributed by atoms with Gasteiger partial charge in [0.2, 0.25) is 0 Å². The van der Waals surface area contributed by atoms with E-state index in [0.717, 1.165) is 35.3 Å². The van der Waals surface area contributed by atoms with Crippen molar-refractivity contribution in [2.45, 2.75) is 47.0 Å². The third-order valence-electron chi connectivity index (χ3n) is 3.54. The van der Waals surface area contributed by atoms with Crippen molar-refractivity contribution in [2.24, 2.45) is 0 Å². The molecule has 0 saturated heterocycles. The van der Waals surface area contributed by atoms with Crippen molar-refractivity contribution in [3.8, 4) is 0 Å². The van der Waals surface area contributed by atoms with E-state index in [4.69, 9.17) is 0 Å². The Morgan fingerprint density at radius 2 is 1.95 bits per heavy atom. The fourth-order valence-electron chi connectivity index (χ4n) is 2.74. The van der Waals surface area contributed by atoms with Gasteiger partial charge in [-0.25, -0.2) is 9.37 Å². The monoisotopic (exact) mass is 274 g/mol. The molecule has 0 aliphatic heterocycles. The van der Waals surface area contributed by atoms with Crippen LogP contribution in [0.15, 0.2) is 12.1 Å². The number of aromatic nitrogens is 1. The predicted molar refractivity (Wildman–Crippen MR) is 84.0 cm³/mol. The number of nitrogens with one attached hydrogen (secondary N) is 1. The summed E-state index contributed by atoms with van der Waals surface area (Å²) >= 11 is 0. The molecule has 0 aliphatic carbocycles. The molecular weight excluding hydrogens is 251 g/mol. The number of nitrogens with zero attached hydrogens (tertiary/aromatic N) is 1. The molecule has 0 aliphatic rings. The van der Waals surface area contributed by atoms with Crippen LogP contribution in [0.1, 0.15) is 49.9 Å². The highest BCUT2D eigenvalue weighted by Gasteiger charge is 2.17. The van der Waals surface area contributed by atoms with Crippen molar-refractivity contribution in [1.82, 2.24) is 4.98 Å². The number of rotatable bonds is 4. The summed E-state index contributed by atoms with van der Waals surface area (Å²) in [6.07, 6.45) is 1.04. The van der Waals surface area contributed by atoms with Crippen LogP contribution in [-0.2, 0) is 0 Å². The van der Waals surface area contributed by atoms with E-state index in [2.05, 4.69) is 31.1 Å². The first kappa shape index (κ1) is 14.8. The molecule has 0 amide bonds. The van der Waals surface area contributed by atoms with Gasteiger partial charge >= 0.3 is 0 Å². The molecule has 2 aromatic rings. The zero-order chi connectivity index (χ0) is 14.9. The number of benzene rings is 1. The first-order valence-electron chi connectivity index (χ1n) is 7.29. The number of hydrogen-bond acceptors (Lipinski definition) is 2. The van der Waals surface area contributed by atoms with Gasteiger partial charge in [-0.05, 0) is 49.4 Å². The molecule has 0 radical (unpaired) electrons. The molecule has 3 heteroatoms. The normalized spacial score (nSPS) is 11.3. The molecule has 1 heterocycles. The van der Waals surface area contributed by atoms with Crippen molar-refractivity contribution >= 4 is 16.6 Å². The standard InChI is InChI=1S/C17H23FN2/c1-6-7-19-17-13-8-11(4)9-14(18)16(13)20-12(5)15(17)10(2)3/h8-10H,6-7H2,1-5H3,(H,19,20). The average Bonchev–Trinajstić information content (AvgIpc) is 2.36. The van der Waals surface area contributed by atoms with Crippen LogP contribution < -0.4 is 5.32 Å². The van der Waals surface area contributed by atoms with Crippen LogP contribution in [0, 0.1) is 19.7 Å². The van der Waals surface area contributed by atoms with Gasteiger partial charge in [0.05, 0.1) is 0 Å². The molecule has 0 bridgehead atoms. The number of halogens is 1. The minimum atomic E-state index is -0.238. The van der Waals surface area contributed by atoms with Gasteiger partial charge in [0.25, 0.3) is 0 Å². The van der Waals surface area contributed by atoms with Gasteiger partial charge in [-0.3, -0.25) is 0 Å². The Bertz CT molecular complexity index is 633. The lowest BCUT2D eigenvalue weighted by Crippen LogP contribution is -2.08. The third kappa shape index (κ3) is 2.62. The molecule has 0 fully saturated rings. The van der Waals surface area contributed by atoms with Gasteiger partial charge in [0, 0.05) is 23.3 Å². The van der Waals surface area contributed by atoms with Crippen molar-refractivity contribution in [1.29, 1.82) is 0 Å². The van der Waals surface area contributed by atoms with Crippen LogP contribution in [0.5, 0.6) is 0 Å². The van der Waals surface area contributed by atoms with Crippen LogP contribution in [0.25, 0.3) is 10.9 Å². The Kier molecular flexibility index (Phi) is 4.26. The second-order valence-corrected chi connectivity index (χ2v) is 5.71. The quantitative estimate of drug-likeness (QED) is 0.854. The second-order valence-electron chi connectivity index (χ2n) is 5.71. The molecule has 108 valence electrons. The third-order valence-corrected chi connectivity index (χ3v) is 3.54. The van der Waals surface area contributed by atoms with Gasteiger partial charge in [-0.2, -0.15) is 0 Å². The molecule has 2 rings (SSSR count). The van der Waals surface area contributed by atoms with E-state index < -0.39 is 0 Å². The smallest absolute Gasteiger partial charge is 0.149 e. The minimum absolute atomic E-state index is 0.238. The largest absolute Gasteiger partial charge is 0.384 e. The van der Waals surface area contributed by atoms with Gasteiger partial charge in [-0.1, -0.05) is 20.8 Å². The number of aryl methyl sites for hydroxylation is 2. The summed E-state index contributed by atoms with van der Waals surface area (Å²) in [6.45, 7) is 11.2. The molecular formula is C17H23FN2. The molecule has 2 nitrogen and oxygen atoms in total. The van der Waals surface area contributed by atoms with Crippen LogP contribution in [-0.4, -0.2) is 11.5 Å². The molecule has 0 saturated carbocycles. The maximum Gasteiger partial charge on any atom is 0.149 e. The zero-order valence-electron chi connectivity index (χ0n) is 13.0. The second kappa shape index (κ2) is 5.78. The summed E-state index contributed by atoms with van der Waals surface area (Å²) in [4.78, 5) is 4.49. The average molecular weight is 274 g/mol. The minimum Gasteiger partial charge on any atom is -0.384 e. The van der Waals surface area contributed by atoms with E-state index in [-0.39, 0.29) is 5.82 Å². The van der Waals surface area contributed by atoms with Gasteiger partial charge in [0.1, 0.15) is 11.3 Å². The molecule has 0 unspecified atom stereocenters. The van der Waals surface area contributed by atoms with E-state index in [1.54, 1.807) is 6.07 Å². The van der Waals surface area contributed by atoms with Crippen molar-refractivity contribution in [3.05, 3.63) is 34.8 Å². The maximum atomic E-state index is 14.2. The fraction of sp³-hybridized carbons (Fsp3) is 0.471. The molecule has 1 aromatic carbocycles. The SMILES string of the molecule is CCCNc1c(C(C)C)c(C)nc2c(F)cc(C)cc12. The fourth-order valence-corrected chi connectivity index (χ4v) is 2.74. The molecule has 1 N–H and O–H groups in total. The van der Waals surface area contributed by atoms with E-state index in [0.29, 0.717) is 11.4 Å². The van der Waals surface area contributed by atoms with Crippen molar-refractivity contribution in [2.75, 3.05) is 11.9 Å². The summed E-state index contributed by atoms with van der Waals surface area (Å²) in [7, 11) is 0. The van der Waals surface area contributed by atoms with Gasteiger partial charge in [0.15, 0.2) is 0 Å². The summed E-state index contributed by atoms with van der Waals surface area (Å²) in [5.41, 5.74) is 4.54. The van der Waals surface area contributed by atoms with E-state index in [1.165, 1.54) is 5.56 Å². The number of anilines is 1. The number of fused-ring (bicyclic) bond motifs is 1. The first-order valence-corrected chi connectivity index (χ1v) is 7.29. The van der Waals surface area contributed by atoms with Gasteiger partial charge in [-0.15, -0.1) is 0 Å². The van der Waals surface area contributed by atoms with E-state index in [1.807, 2.05) is 19.9 Å². The van der Waals surface area contributed by atoms with Crippen molar-refractivity contribution < 1.29 is 4.39 Å². The van der Waals surface area contributed by atoms with Gasteiger partial charge < -0.3 is 5.32 Å². The van der Waals surface area contributed by atoms with E-state index in [9.17, 15) is 4.39 Å². The Morgan fingerprint density at radius 3 is 2.55 bits per heavy atom. The zero-order valence-corrected chi connectivity index (χ0v) is 13.0. The summed E-state index contributed by atoms with van der Waals surface area (Å²) in [6, 6.07) is 3.57. The molecule has 20 heavy (non-hydrogen) atoms. The lowest BCUT2D eigenvalue weighted by Gasteiger charge is -2.20. The van der Waals surface area contributed by atoms with Crippen LogP contribution in [0.4, 0.5) is 10.1 Å². The Hall–Kier alpha value is -1.64. The summed E-state index contributed by atoms with van der Waals surface area (Å²) in [5, 5.41) is 4.37.